The summed E-state index contributed by atoms with van der Waals surface area (Å²) in [5.41, 5.74) is 0.634. The van der Waals surface area contributed by atoms with Gasteiger partial charge in [-0.2, -0.15) is 0 Å². The van der Waals surface area contributed by atoms with Crippen molar-refractivity contribution in [1.29, 1.82) is 0 Å². The Morgan fingerprint density at radius 1 is 1.47 bits per heavy atom. The molecule has 0 bridgehead atoms. The average Bonchev–Trinajstić information content (AvgIpc) is 2.90. The molecule has 2 N–H and O–H groups in total. The van der Waals surface area contributed by atoms with Crippen molar-refractivity contribution in [1.82, 2.24) is 15.3 Å². The summed E-state index contributed by atoms with van der Waals surface area (Å²) in [7, 11) is 0. The maximum absolute atomic E-state index is 13.8. The molecule has 5 heteroatoms. The molecule has 0 fully saturated rings. The second kappa shape index (κ2) is 6.68. The normalized spacial score (nSPS) is 12.6. The summed E-state index contributed by atoms with van der Waals surface area (Å²) >= 11 is 5.76. The average molecular weight is 282 g/mol. The van der Waals surface area contributed by atoms with Crippen LogP contribution in [-0.4, -0.2) is 16.5 Å². The molecule has 19 heavy (non-hydrogen) atoms. The summed E-state index contributed by atoms with van der Waals surface area (Å²) in [6.07, 6.45) is 5.03. The molecule has 1 aromatic carbocycles. The Labute approximate surface area is 117 Å². The number of nitrogens with zero attached hydrogens (tertiary/aromatic N) is 1. The molecule has 102 valence electrons. The molecule has 0 amide bonds. The first-order valence-corrected chi connectivity index (χ1v) is 6.75. The van der Waals surface area contributed by atoms with Crippen LogP contribution >= 0.6 is 11.6 Å². The molecule has 1 aromatic heterocycles. The second-order valence-electron chi connectivity index (χ2n) is 4.42. The van der Waals surface area contributed by atoms with Crippen molar-refractivity contribution in [3.8, 4) is 0 Å². The fourth-order valence-corrected chi connectivity index (χ4v) is 2.12. The molecular weight excluding hydrogens is 265 g/mol. The van der Waals surface area contributed by atoms with Gasteiger partial charge in [-0.3, -0.25) is 0 Å². The fourth-order valence-electron chi connectivity index (χ4n) is 1.96. The van der Waals surface area contributed by atoms with Crippen molar-refractivity contribution in [3.63, 3.8) is 0 Å². The maximum atomic E-state index is 13.8. The number of aromatic nitrogens is 2. The van der Waals surface area contributed by atoms with E-state index in [9.17, 15) is 4.39 Å². The summed E-state index contributed by atoms with van der Waals surface area (Å²) in [6.45, 7) is 2.95. The van der Waals surface area contributed by atoms with E-state index >= 15 is 0 Å². The van der Waals surface area contributed by atoms with Crippen LogP contribution in [0.4, 0.5) is 4.39 Å². The van der Waals surface area contributed by atoms with Crippen molar-refractivity contribution >= 4 is 11.6 Å². The third-order valence-corrected chi connectivity index (χ3v) is 3.16. The molecule has 1 atom stereocenters. The highest BCUT2D eigenvalue weighted by molar-refractivity contribution is 6.30. The Balaban J connectivity index is 2.15. The van der Waals surface area contributed by atoms with E-state index in [4.69, 9.17) is 11.6 Å². The number of halogens is 2. The molecule has 0 aliphatic heterocycles. The highest BCUT2D eigenvalue weighted by atomic mass is 35.5. The van der Waals surface area contributed by atoms with Gasteiger partial charge in [0, 0.05) is 17.4 Å². The van der Waals surface area contributed by atoms with Crippen LogP contribution in [0.1, 0.15) is 30.8 Å². The van der Waals surface area contributed by atoms with Crippen molar-refractivity contribution in [2.45, 2.75) is 25.8 Å². The number of imidazole rings is 1. The molecule has 2 aromatic rings. The molecule has 1 heterocycles. The third-order valence-electron chi connectivity index (χ3n) is 2.93. The summed E-state index contributed by atoms with van der Waals surface area (Å²) in [5.74, 6) is 0.546. The van der Waals surface area contributed by atoms with Crippen molar-refractivity contribution in [3.05, 3.63) is 52.8 Å². The molecule has 0 spiro atoms. The zero-order valence-electron chi connectivity index (χ0n) is 10.8. The lowest BCUT2D eigenvalue weighted by Crippen LogP contribution is -2.25. The highest BCUT2D eigenvalue weighted by Gasteiger charge is 2.16. The first-order valence-electron chi connectivity index (χ1n) is 6.37. The molecule has 1 unspecified atom stereocenters. The van der Waals surface area contributed by atoms with E-state index in [0.29, 0.717) is 17.0 Å². The predicted octanol–water partition coefficient (Wildman–Crippen LogP) is 3.49. The zero-order chi connectivity index (χ0) is 13.7. The summed E-state index contributed by atoms with van der Waals surface area (Å²) in [4.78, 5) is 7.32. The van der Waals surface area contributed by atoms with Crippen LogP contribution in [-0.2, 0) is 6.42 Å². The van der Waals surface area contributed by atoms with Crippen LogP contribution < -0.4 is 5.32 Å². The summed E-state index contributed by atoms with van der Waals surface area (Å²) < 4.78 is 13.8. The van der Waals surface area contributed by atoms with Gasteiger partial charge in [-0.05, 0) is 37.1 Å². The van der Waals surface area contributed by atoms with E-state index in [1.807, 2.05) is 0 Å². The maximum Gasteiger partial charge on any atom is 0.127 e. The van der Waals surface area contributed by atoms with E-state index < -0.39 is 0 Å². The van der Waals surface area contributed by atoms with Gasteiger partial charge in [0.2, 0.25) is 0 Å². The lowest BCUT2D eigenvalue weighted by molar-refractivity contribution is 0.495. The minimum Gasteiger partial charge on any atom is -0.347 e. The highest BCUT2D eigenvalue weighted by Crippen LogP contribution is 2.20. The van der Waals surface area contributed by atoms with E-state index in [2.05, 4.69) is 22.2 Å². The van der Waals surface area contributed by atoms with Crippen LogP contribution in [0.25, 0.3) is 0 Å². The first-order chi connectivity index (χ1) is 9.20. The predicted molar refractivity (Wildman–Crippen MR) is 74.7 cm³/mol. The Kier molecular flexibility index (Phi) is 4.93. The Bertz CT molecular complexity index is 513. The van der Waals surface area contributed by atoms with Crippen LogP contribution in [0.15, 0.2) is 30.6 Å². The van der Waals surface area contributed by atoms with Gasteiger partial charge in [0.1, 0.15) is 11.6 Å². The smallest absolute Gasteiger partial charge is 0.127 e. The summed E-state index contributed by atoms with van der Waals surface area (Å²) in [5, 5.41) is 3.78. The van der Waals surface area contributed by atoms with E-state index in [-0.39, 0.29) is 11.9 Å². The van der Waals surface area contributed by atoms with Gasteiger partial charge in [-0.25, -0.2) is 9.37 Å². The number of benzene rings is 1. The van der Waals surface area contributed by atoms with Crippen LogP contribution in [0, 0.1) is 5.82 Å². The molecule has 0 aliphatic rings. The minimum atomic E-state index is -0.276. The van der Waals surface area contributed by atoms with Crippen LogP contribution in [0.5, 0.6) is 0 Å². The van der Waals surface area contributed by atoms with Gasteiger partial charge < -0.3 is 10.3 Å². The minimum absolute atomic E-state index is 0.0226. The quantitative estimate of drug-likeness (QED) is 0.851. The number of rotatable bonds is 6. The topological polar surface area (TPSA) is 40.7 Å². The lowest BCUT2D eigenvalue weighted by Gasteiger charge is -2.17. The number of hydrogen-bond acceptors (Lipinski definition) is 2. The standard InChI is InChI=1S/C14H17ClFN3/c1-2-5-17-13(14-18-6-7-19-14)8-10-3-4-11(15)9-12(10)16/h3-4,6-7,9,13,17H,2,5,8H2,1H3,(H,18,19). The van der Waals surface area contributed by atoms with Crippen molar-refractivity contribution in [2.24, 2.45) is 0 Å². The number of hydrogen-bond donors (Lipinski definition) is 2. The van der Waals surface area contributed by atoms with Crippen LogP contribution in [0.3, 0.4) is 0 Å². The van der Waals surface area contributed by atoms with Gasteiger partial charge >= 0.3 is 0 Å². The number of aromatic amines is 1. The Hall–Kier alpha value is -1.39. The molecule has 2 rings (SSSR count). The Morgan fingerprint density at radius 2 is 2.32 bits per heavy atom. The molecule has 0 aliphatic carbocycles. The Morgan fingerprint density at radius 3 is 2.95 bits per heavy atom. The van der Waals surface area contributed by atoms with E-state index in [1.165, 1.54) is 6.07 Å². The molecule has 0 saturated heterocycles. The van der Waals surface area contributed by atoms with Gasteiger partial charge in [-0.15, -0.1) is 0 Å². The van der Waals surface area contributed by atoms with Crippen molar-refractivity contribution in [2.75, 3.05) is 6.54 Å². The first kappa shape index (κ1) is 14.0. The monoisotopic (exact) mass is 281 g/mol. The van der Waals surface area contributed by atoms with Gasteiger partial charge in [0.05, 0.1) is 6.04 Å². The van der Waals surface area contributed by atoms with Crippen LogP contribution in [0.2, 0.25) is 5.02 Å². The van der Waals surface area contributed by atoms with E-state index in [1.54, 1.807) is 24.5 Å². The SMILES string of the molecule is CCCNC(Cc1ccc(Cl)cc1F)c1ncc[nH]1. The number of nitrogens with one attached hydrogen (secondary N) is 2. The van der Waals surface area contributed by atoms with Crippen molar-refractivity contribution < 1.29 is 4.39 Å². The summed E-state index contributed by atoms with van der Waals surface area (Å²) in [6, 6.07) is 4.75. The molecule has 3 nitrogen and oxygen atoms in total. The molecular formula is C14H17ClFN3. The fraction of sp³-hybridized carbons (Fsp3) is 0.357. The van der Waals surface area contributed by atoms with Gasteiger partial charge in [-0.1, -0.05) is 24.6 Å². The zero-order valence-corrected chi connectivity index (χ0v) is 11.5. The second-order valence-corrected chi connectivity index (χ2v) is 4.86. The van der Waals surface area contributed by atoms with E-state index in [0.717, 1.165) is 18.8 Å². The lowest BCUT2D eigenvalue weighted by atomic mass is 10.0. The molecule has 0 radical (unpaired) electrons. The molecule has 0 saturated carbocycles. The van der Waals surface area contributed by atoms with Gasteiger partial charge in [0.15, 0.2) is 0 Å². The largest absolute Gasteiger partial charge is 0.347 e. The van der Waals surface area contributed by atoms with Gasteiger partial charge in [0.25, 0.3) is 0 Å². The third kappa shape index (κ3) is 3.78. The number of H-pyrrole nitrogens is 1.